The summed E-state index contributed by atoms with van der Waals surface area (Å²) < 4.78 is 1.83. The first-order valence-electron chi connectivity index (χ1n) is 6.46. The second kappa shape index (κ2) is 7.43. The van der Waals surface area contributed by atoms with E-state index >= 15 is 0 Å². The van der Waals surface area contributed by atoms with Gasteiger partial charge in [0.2, 0.25) is 0 Å². The maximum absolute atomic E-state index is 12.2. The highest BCUT2D eigenvalue weighted by atomic mass is 79.9. The minimum absolute atomic E-state index is 0.0427. The monoisotopic (exact) mass is 429 g/mol. The Hall–Kier alpha value is -0.840. The number of amides is 1. The molecule has 0 saturated heterocycles. The molecular weight excluding hydrogens is 417 g/mol. The van der Waals surface area contributed by atoms with Gasteiger partial charge in [-0.25, -0.2) is 0 Å². The maximum Gasteiger partial charge on any atom is 0.251 e. The Labute approximate surface area is 146 Å². The van der Waals surface area contributed by atoms with E-state index in [9.17, 15) is 4.79 Å². The van der Waals surface area contributed by atoms with E-state index in [0.717, 1.165) is 15.4 Å². The molecule has 1 N–H and O–H groups in total. The van der Waals surface area contributed by atoms with Crippen molar-refractivity contribution in [2.75, 3.05) is 0 Å². The summed E-state index contributed by atoms with van der Waals surface area (Å²) in [5.41, 5.74) is 1.74. The Morgan fingerprint density at radius 2 is 1.86 bits per heavy atom. The Morgan fingerprint density at radius 3 is 2.48 bits per heavy atom. The minimum atomic E-state index is -0.117. The fourth-order valence-corrected chi connectivity index (χ4v) is 2.66. The van der Waals surface area contributed by atoms with Crippen molar-refractivity contribution in [1.82, 2.24) is 5.32 Å². The Bertz CT molecular complexity index is 643. The van der Waals surface area contributed by atoms with Crippen LogP contribution < -0.4 is 5.32 Å². The molecule has 2 aromatic rings. The quantitative estimate of drug-likeness (QED) is 0.706. The smallest absolute Gasteiger partial charge is 0.251 e. The van der Waals surface area contributed by atoms with Crippen LogP contribution in [-0.2, 0) is 6.42 Å². The summed E-state index contributed by atoms with van der Waals surface area (Å²) in [4.78, 5) is 12.2. The first-order valence-corrected chi connectivity index (χ1v) is 8.42. The molecule has 1 atom stereocenters. The van der Waals surface area contributed by atoms with Crippen molar-refractivity contribution in [3.63, 3.8) is 0 Å². The first kappa shape index (κ1) is 16.5. The molecule has 0 bridgehead atoms. The van der Waals surface area contributed by atoms with E-state index in [2.05, 4.69) is 37.2 Å². The van der Waals surface area contributed by atoms with Crippen molar-refractivity contribution in [2.24, 2.45) is 0 Å². The molecule has 2 aromatic carbocycles. The van der Waals surface area contributed by atoms with Crippen molar-refractivity contribution in [3.8, 4) is 0 Å². The van der Waals surface area contributed by atoms with Crippen LogP contribution in [0, 0.1) is 0 Å². The largest absolute Gasteiger partial charge is 0.349 e. The van der Waals surface area contributed by atoms with E-state index < -0.39 is 0 Å². The van der Waals surface area contributed by atoms with Gasteiger partial charge in [-0.15, -0.1) is 0 Å². The van der Waals surface area contributed by atoms with Crippen molar-refractivity contribution in [2.45, 2.75) is 19.4 Å². The average molecular weight is 432 g/mol. The summed E-state index contributed by atoms with van der Waals surface area (Å²) in [6.45, 7) is 1.99. The molecule has 0 heterocycles. The lowest BCUT2D eigenvalue weighted by atomic mass is 10.1. The van der Waals surface area contributed by atoms with Crippen molar-refractivity contribution < 1.29 is 4.79 Å². The standard InChI is InChI=1S/C16H14Br2ClNO/c1-10(8-11-2-5-13(17)6-3-11)20-16(21)12-4-7-14(18)15(19)9-12/h2-7,9-10H,8H2,1H3,(H,20,21). The third kappa shape index (κ3) is 4.83. The van der Waals surface area contributed by atoms with Crippen molar-refractivity contribution in [1.29, 1.82) is 0 Å². The second-order valence-corrected chi connectivity index (χ2v) is 7.01. The summed E-state index contributed by atoms with van der Waals surface area (Å²) in [7, 11) is 0. The number of benzene rings is 2. The number of halogens is 3. The van der Waals surface area contributed by atoms with Crippen LogP contribution in [0.25, 0.3) is 0 Å². The highest BCUT2D eigenvalue weighted by molar-refractivity contribution is 9.10. The molecule has 0 saturated carbocycles. The van der Waals surface area contributed by atoms with Gasteiger partial charge in [-0.05, 0) is 65.2 Å². The van der Waals surface area contributed by atoms with E-state index in [-0.39, 0.29) is 11.9 Å². The number of hydrogen-bond acceptors (Lipinski definition) is 1. The predicted octanol–water partition coefficient (Wildman–Crippen LogP) is 5.23. The first-order chi connectivity index (χ1) is 9.95. The van der Waals surface area contributed by atoms with E-state index in [1.165, 1.54) is 5.56 Å². The second-order valence-electron chi connectivity index (χ2n) is 4.83. The number of carbonyl (C=O) groups excluding carboxylic acids is 1. The Balaban J connectivity index is 1.98. The molecule has 0 fully saturated rings. The van der Waals surface area contributed by atoms with Crippen LogP contribution in [0.15, 0.2) is 51.4 Å². The number of nitrogens with one attached hydrogen (secondary N) is 1. The lowest BCUT2D eigenvalue weighted by Gasteiger charge is -2.14. The van der Waals surface area contributed by atoms with Crippen LogP contribution in [0.5, 0.6) is 0 Å². The summed E-state index contributed by atoms with van der Waals surface area (Å²) in [6, 6.07) is 13.3. The van der Waals surface area contributed by atoms with Crippen LogP contribution in [0.3, 0.4) is 0 Å². The van der Waals surface area contributed by atoms with E-state index in [1.807, 2.05) is 31.2 Å². The van der Waals surface area contributed by atoms with Crippen molar-refractivity contribution >= 4 is 49.4 Å². The molecular formula is C16H14Br2ClNO. The zero-order valence-corrected chi connectivity index (χ0v) is 15.3. The molecule has 0 aliphatic rings. The molecule has 1 amide bonds. The fourth-order valence-electron chi connectivity index (χ4n) is 1.97. The third-order valence-electron chi connectivity index (χ3n) is 3.01. The zero-order chi connectivity index (χ0) is 15.4. The van der Waals surface area contributed by atoms with Crippen LogP contribution in [0.2, 0.25) is 5.02 Å². The van der Waals surface area contributed by atoms with Crippen LogP contribution in [-0.4, -0.2) is 11.9 Å². The molecule has 0 aliphatic heterocycles. The van der Waals surface area contributed by atoms with Gasteiger partial charge < -0.3 is 5.32 Å². The van der Waals surface area contributed by atoms with Gasteiger partial charge >= 0.3 is 0 Å². The molecule has 0 radical (unpaired) electrons. The van der Waals surface area contributed by atoms with E-state index in [1.54, 1.807) is 18.2 Å². The van der Waals surface area contributed by atoms with Gasteiger partial charge in [0.15, 0.2) is 0 Å². The summed E-state index contributed by atoms with van der Waals surface area (Å²) >= 11 is 12.7. The molecule has 1 unspecified atom stereocenters. The van der Waals surface area contributed by atoms with E-state index in [0.29, 0.717) is 10.6 Å². The predicted molar refractivity (Wildman–Crippen MR) is 93.9 cm³/mol. The lowest BCUT2D eigenvalue weighted by Crippen LogP contribution is -2.34. The number of carbonyl (C=O) groups is 1. The summed E-state index contributed by atoms with van der Waals surface area (Å²) in [6.07, 6.45) is 0.781. The summed E-state index contributed by atoms with van der Waals surface area (Å²) in [5, 5.41) is 3.51. The third-order valence-corrected chi connectivity index (χ3v) is 4.78. The SMILES string of the molecule is CC(Cc1ccc(Br)cc1)NC(=O)c1ccc(Br)c(Cl)c1. The number of hydrogen-bond donors (Lipinski definition) is 1. The molecule has 2 nitrogen and oxygen atoms in total. The topological polar surface area (TPSA) is 29.1 Å². The van der Waals surface area contributed by atoms with Crippen LogP contribution >= 0.6 is 43.5 Å². The average Bonchev–Trinajstić information content (AvgIpc) is 2.44. The van der Waals surface area contributed by atoms with Gasteiger partial charge in [0.25, 0.3) is 5.91 Å². The zero-order valence-electron chi connectivity index (χ0n) is 11.4. The molecule has 2 rings (SSSR count). The van der Waals surface area contributed by atoms with Gasteiger partial charge in [0.1, 0.15) is 0 Å². The molecule has 0 aromatic heterocycles. The van der Waals surface area contributed by atoms with Crippen molar-refractivity contribution in [3.05, 3.63) is 67.6 Å². The van der Waals surface area contributed by atoms with Gasteiger partial charge in [-0.2, -0.15) is 0 Å². The molecule has 21 heavy (non-hydrogen) atoms. The van der Waals surface area contributed by atoms with Crippen LogP contribution in [0.1, 0.15) is 22.8 Å². The molecule has 5 heteroatoms. The normalized spacial score (nSPS) is 12.0. The minimum Gasteiger partial charge on any atom is -0.349 e. The molecule has 0 spiro atoms. The van der Waals surface area contributed by atoms with Crippen LogP contribution in [0.4, 0.5) is 0 Å². The van der Waals surface area contributed by atoms with Gasteiger partial charge in [0.05, 0.1) is 5.02 Å². The Kier molecular flexibility index (Phi) is 5.85. The number of rotatable bonds is 4. The highest BCUT2D eigenvalue weighted by Crippen LogP contribution is 2.23. The van der Waals surface area contributed by atoms with Gasteiger partial charge in [0, 0.05) is 20.6 Å². The molecule has 0 aliphatic carbocycles. The fraction of sp³-hybridized carbons (Fsp3) is 0.188. The van der Waals surface area contributed by atoms with Gasteiger partial charge in [-0.1, -0.05) is 39.7 Å². The molecule has 110 valence electrons. The summed E-state index contributed by atoms with van der Waals surface area (Å²) in [5.74, 6) is -0.117. The maximum atomic E-state index is 12.2. The Morgan fingerprint density at radius 1 is 1.19 bits per heavy atom. The lowest BCUT2D eigenvalue weighted by molar-refractivity contribution is 0.0940. The highest BCUT2D eigenvalue weighted by Gasteiger charge is 2.11. The van der Waals surface area contributed by atoms with E-state index in [4.69, 9.17) is 11.6 Å². The van der Waals surface area contributed by atoms with Gasteiger partial charge in [-0.3, -0.25) is 4.79 Å².